The maximum absolute atomic E-state index is 12.9. The molecule has 0 saturated carbocycles. The predicted molar refractivity (Wildman–Crippen MR) is 139 cm³/mol. The van der Waals surface area contributed by atoms with Gasteiger partial charge in [-0.15, -0.1) is 11.8 Å². The lowest BCUT2D eigenvalue weighted by molar-refractivity contribution is -0.150. The third-order valence-corrected chi connectivity index (χ3v) is 6.64. The average Bonchev–Trinajstić information content (AvgIpc) is 2.84. The Labute approximate surface area is 219 Å². The minimum atomic E-state index is -1.43. The number of hydrogen-bond donors (Lipinski definition) is 4. The SMILES string of the molecule is C/C=C1\NC(=O)c2nc(ccc2SC)CNC(=O)C[C@@H](/C=C/CCSC(C)=O)OC(O)[C@H](C)NC1=O. The van der Waals surface area contributed by atoms with Crippen LogP contribution in [0.15, 0.2) is 41.0 Å². The molecule has 4 N–H and O–H groups in total. The van der Waals surface area contributed by atoms with E-state index in [2.05, 4.69) is 20.9 Å². The standard InChI is InChI=1S/C24H32N4O6S2/c1-5-18-22(31)26-14(2)24(33)34-17(8-6-7-11-36-15(3)29)12-20(30)25-13-16-9-10-19(35-4)21(27-16)23(32)28-18/h5-6,8-10,14,17,24,33H,7,11-13H2,1-4H3,(H,25,30)(H,26,31)(H,28,32)/b8-6+,18-5-/t14-,17+,24?/m0/s1. The van der Waals surface area contributed by atoms with Gasteiger partial charge in [0.2, 0.25) is 5.91 Å². The summed E-state index contributed by atoms with van der Waals surface area (Å²) in [5.41, 5.74) is 0.597. The van der Waals surface area contributed by atoms with Crippen LogP contribution in [-0.2, 0) is 25.7 Å². The highest BCUT2D eigenvalue weighted by molar-refractivity contribution is 8.13. The molecule has 36 heavy (non-hydrogen) atoms. The molecule has 0 aromatic carbocycles. The molecule has 0 fully saturated rings. The summed E-state index contributed by atoms with van der Waals surface area (Å²) in [7, 11) is 0. The molecule has 12 heteroatoms. The van der Waals surface area contributed by atoms with Crippen LogP contribution >= 0.6 is 23.5 Å². The van der Waals surface area contributed by atoms with E-state index in [0.29, 0.717) is 22.8 Å². The van der Waals surface area contributed by atoms with E-state index in [0.717, 1.165) is 0 Å². The lowest BCUT2D eigenvalue weighted by Crippen LogP contribution is -2.46. The normalized spacial score (nSPS) is 23.3. The summed E-state index contributed by atoms with van der Waals surface area (Å²) in [5, 5.41) is 18.5. The topological polar surface area (TPSA) is 147 Å². The van der Waals surface area contributed by atoms with Gasteiger partial charge in [-0.2, -0.15) is 0 Å². The van der Waals surface area contributed by atoms with Crippen molar-refractivity contribution in [1.82, 2.24) is 20.9 Å². The first-order valence-corrected chi connectivity index (χ1v) is 13.6. The molecular weight excluding hydrogens is 504 g/mol. The van der Waals surface area contributed by atoms with Crippen molar-refractivity contribution in [2.24, 2.45) is 0 Å². The number of thioether (sulfide) groups is 2. The smallest absolute Gasteiger partial charge is 0.275 e. The van der Waals surface area contributed by atoms with Gasteiger partial charge in [0, 0.05) is 17.6 Å². The van der Waals surface area contributed by atoms with Gasteiger partial charge in [-0.05, 0) is 38.7 Å². The van der Waals surface area contributed by atoms with Gasteiger partial charge in [-0.25, -0.2) is 4.98 Å². The summed E-state index contributed by atoms with van der Waals surface area (Å²) in [4.78, 5) is 54.4. The highest BCUT2D eigenvalue weighted by Crippen LogP contribution is 2.20. The van der Waals surface area contributed by atoms with Crippen molar-refractivity contribution < 1.29 is 29.0 Å². The van der Waals surface area contributed by atoms with Crippen LogP contribution in [0.2, 0.25) is 0 Å². The Morgan fingerprint density at radius 2 is 2.03 bits per heavy atom. The first-order chi connectivity index (χ1) is 17.1. The Morgan fingerprint density at radius 3 is 2.69 bits per heavy atom. The summed E-state index contributed by atoms with van der Waals surface area (Å²) in [5.74, 6) is -0.948. The molecule has 2 heterocycles. The van der Waals surface area contributed by atoms with Crippen LogP contribution in [0.3, 0.4) is 0 Å². The van der Waals surface area contributed by atoms with Crippen molar-refractivity contribution in [3.05, 3.63) is 47.4 Å². The number of aromatic nitrogens is 1. The third-order valence-electron chi connectivity index (χ3n) is 5.03. The van der Waals surface area contributed by atoms with Gasteiger partial charge in [-0.1, -0.05) is 30.0 Å². The number of aliphatic hydroxyl groups excluding tert-OH is 1. The van der Waals surface area contributed by atoms with Crippen molar-refractivity contribution in [3.63, 3.8) is 0 Å². The van der Waals surface area contributed by atoms with E-state index < -0.39 is 30.3 Å². The van der Waals surface area contributed by atoms with Crippen LogP contribution in [0.4, 0.5) is 0 Å². The number of hydrogen-bond acceptors (Lipinski definition) is 9. The van der Waals surface area contributed by atoms with E-state index in [1.54, 1.807) is 44.4 Å². The Balaban J connectivity index is 2.31. The molecule has 1 aliphatic rings. The van der Waals surface area contributed by atoms with Gasteiger partial charge >= 0.3 is 0 Å². The minimum absolute atomic E-state index is 0.00174. The number of pyridine rings is 1. The molecule has 0 radical (unpaired) electrons. The second-order valence-corrected chi connectivity index (χ2v) is 9.99. The molecule has 1 aromatic rings. The molecule has 1 unspecified atom stereocenters. The largest absolute Gasteiger partial charge is 0.366 e. The Hall–Kier alpha value is -2.67. The quantitative estimate of drug-likeness (QED) is 0.192. The molecule has 3 atom stereocenters. The zero-order chi connectivity index (χ0) is 26.7. The van der Waals surface area contributed by atoms with Gasteiger partial charge in [0.15, 0.2) is 11.4 Å². The molecule has 2 rings (SSSR count). The molecule has 0 aliphatic carbocycles. The second-order valence-electron chi connectivity index (χ2n) is 7.87. The van der Waals surface area contributed by atoms with Crippen LogP contribution in [0.1, 0.15) is 49.8 Å². The van der Waals surface area contributed by atoms with Gasteiger partial charge in [0.1, 0.15) is 11.4 Å². The zero-order valence-electron chi connectivity index (χ0n) is 20.7. The summed E-state index contributed by atoms with van der Waals surface area (Å²) in [6, 6.07) is 2.59. The minimum Gasteiger partial charge on any atom is -0.366 e. The lowest BCUT2D eigenvalue weighted by Gasteiger charge is -2.25. The average molecular weight is 537 g/mol. The van der Waals surface area contributed by atoms with Crippen LogP contribution in [0.5, 0.6) is 0 Å². The van der Waals surface area contributed by atoms with Crippen LogP contribution < -0.4 is 16.0 Å². The van der Waals surface area contributed by atoms with E-state index in [1.807, 2.05) is 0 Å². The zero-order valence-corrected chi connectivity index (χ0v) is 22.3. The number of nitrogens with one attached hydrogen (secondary N) is 3. The number of carbonyl (C=O) groups is 4. The number of amides is 3. The van der Waals surface area contributed by atoms with Gasteiger partial charge < -0.3 is 25.8 Å². The maximum atomic E-state index is 12.9. The Kier molecular flexibility index (Phi) is 12.1. The summed E-state index contributed by atoms with van der Waals surface area (Å²) < 4.78 is 5.67. The van der Waals surface area contributed by atoms with Crippen LogP contribution in [-0.4, -0.2) is 63.4 Å². The number of rotatable bonds is 5. The Bertz CT molecular complexity index is 1030. The van der Waals surface area contributed by atoms with E-state index >= 15 is 0 Å². The van der Waals surface area contributed by atoms with Crippen molar-refractivity contribution in [2.45, 2.75) is 63.5 Å². The predicted octanol–water partition coefficient (Wildman–Crippen LogP) is 1.89. The molecule has 3 amide bonds. The fourth-order valence-corrected chi connectivity index (χ4v) is 4.21. The molecular formula is C24H32N4O6S2. The molecule has 0 spiro atoms. The number of fused-ring (bicyclic) bond motifs is 2. The number of aliphatic hydroxyl groups is 1. The summed E-state index contributed by atoms with van der Waals surface area (Å²) in [6.45, 7) is 4.72. The number of carbonyl (C=O) groups excluding carboxylic acids is 4. The van der Waals surface area contributed by atoms with Crippen molar-refractivity contribution in [3.8, 4) is 0 Å². The third kappa shape index (κ3) is 9.41. The highest BCUT2D eigenvalue weighted by atomic mass is 32.2. The van der Waals surface area contributed by atoms with Crippen molar-refractivity contribution in [1.29, 1.82) is 0 Å². The van der Waals surface area contributed by atoms with Crippen LogP contribution in [0.25, 0.3) is 0 Å². The number of nitrogens with zero attached hydrogens (tertiary/aromatic N) is 1. The lowest BCUT2D eigenvalue weighted by atomic mass is 10.2. The molecule has 1 aromatic heterocycles. The molecule has 10 nitrogen and oxygen atoms in total. The van der Waals surface area contributed by atoms with E-state index in [4.69, 9.17) is 4.74 Å². The summed E-state index contributed by atoms with van der Waals surface area (Å²) >= 11 is 2.52. The van der Waals surface area contributed by atoms with Gasteiger partial charge in [0.05, 0.1) is 30.8 Å². The summed E-state index contributed by atoms with van der Waals surface area (Å²) in [6.07, 6.45) is 4.97. The van der Waals surface area contributed by atoms with Crippen molar-refractivity contribution >= 4 is 46.4 Å². The molecule has 1 aliphatic heterocycles. The fourth-order valence-electron chi connectivity index (χ4n) is 3.13. The van der Waals surface area contributed by atoms with Gasteiger partial charge in [-0.3, -0.25) is 19.2 Å². The number of ether oxygens (including phenoxy) is 1. The number of allylic oxidation sites excluding steroid dienone is 2. The second kappa shape index (κ2) is 14.8. The van der Waals surface area contributed by atoms with E-state index in [9.17, 15) is 24.3 Å². The Morgan fingerprint density at radius 1 is 1.28 bits per heavy atom. The first-order valence-electron chi connectivity index (χ1n) is 11.4. The monoisotopic (exact) mass is 536 g/mol. The molecule has 2 bridgehead atoms. The maximum Gasteiger partial charge on any atom is 0.275 e. The molecule has 0 saturated heterocycles. The molecule has 196 valence electrons. The van der Waals surface area contributed by atoms with Crippen LogP contribution in [0, 0.1) is 0 Å². The van der Waals surface area contributed by atoms with Gasteiger partial charge in [0.25, 0.3) is 11.8 Å². The fraction of sp³-hybridized carbons (Fsp3) is 0.458. The van der Waals surface area contributed by atoms with Crippen molar-refractivity contribution in [2.75, 3.05) is 12.0 Å². The van der Waals surface area contributed by atoms with E-state index in [-0.39, 0.29) is 35.4 Å². The highest BCUT2D eigenvalue weighted by Gasteiger charge is 2.25. The first kappa shape index (κ1) is 29.6. The van der Waals surface area contributed by atoms with E-state index in [1.165, 1.54) is 36.5 Å².